The normalized spacial score (nSPS) is 12.3. The number of rotatable bonds is 8. The van der Waals surface area contributed by atoms with Gasteiger partial charge in [-0.05, 0) is 50.1 Å². The van der Waals surface area contributed by atoms with E-state index in [1.54, 1.807) is 0 Å². The summed E-state index contributed by atoms with van der Waals surface area (Å²) < 4.78 is 11.1. The molecule has 0 saturated carbocycles. The highest BCUT2D eigenvalue weighted by molar-refractivity contribution is 5.84. The van der Waals surface area contributed by atoms with Gasteiger partial charge in [-0.1, -0.05) is 30.3 Å². The van der Waals surface area contributed by atoms with E-state index in [1.807, 2.05) is 44.2 Å². The smallest absolute Gasteiger partial charge is 0.336 e. The number of aliphatic hydroxyl groups excluding tert-OH is 1. The Bertz CT molecular complexity index is 950. The molecule has 0 spiro atoms. The number of aliphatic hydroxyl groups is 1. The lowest BCUT2D eigenvalue weighted by Gasteiger charge is -2.15. The first-order valence-corrected chi connectivity index (χ1v) is 9.14. The molecule has 0 bridgehead atoms. The van der Waals surface area contributed by atoms with E-state index in [9.17, 15) is 9.90 Å². The number of aryl methyl sites for hydroxylation is 2. The first-order chi connectivity index (χ1) is 13.0. The maximum absolute atomic E-state index is 11.6. The topological polar surface area (TPSA) is 71.7 Å². The Balaban J connectivity index is 1.52. The van der Waals surface area contributed by atoms with Crippen LogP contribution in [0.4, 0.5) is 0 Å². The van der Waals surface area contributed by atoms with Crippen molar-refractivity contribution in [1.29, 1.82) is 0 Å². The predicted molar refractivity (Wildman–Crippen MR) is 106 cm³/mol. The van der Waals surface area contributed by atoms with Crippen molar-refractivity contribution >= 4 is 11.0 Å². The SMILES string of the molecule is Cc1cc(=O)oc2c(C)c(OC[C@H](O)CNCCc3ccccc3)ccc12. The molecule has 0 aliphatic heterocycles. The maximum Gasteiger partial charge on any atom is 0.336 e. The van der Waals surface area contributed by atoms with Crippen LogP contribution in [0.25, 0.3) is 11.0 Å². The van der Waals surface area contributed by atoms with Crippen LogP contribution in [0, 0.1) is 13.8 Å². The third-order valence-electron chi connectivity index (χ3n) is 4.56. The highest BCUT2D eigenvalue weighted by Crippen LogP contribution is 2.28. The second-order valence-electron chi connectivity index (χ2n) is 6.72. The molecule has 2 aromatic carbocycles. The molecule has 0 saturated heterocycles. The molecule has 1 atom stereocenters. The Morgan fingerprint density at radius 3 is 2.70 bits per heavy atom. The van der Waals surface area contributed by atoms with Crippen molar-refractivity contribution in [3.05, 3.63) is 75.6 Å². The van der Waals surface area contributed by atoms with Crippen molar-refractivity contribution in [2.75, 3.05) is 19.7 Å². The van der Waals surface area contributed by atoms with Crippen molar-refractivity contribution < 1.29 is 14.3 Å². The zero-order valence-electron chi connectivity index (χ0n) is 15.7. The fraction of sp³-hybridized carbons (Fsp3) is 0.318. The third kappa shape index (κ3) is 4.96. The largest absolute Gasteiger partial charge is 0.490 e. The Morgan fingerprint density at radius 1 is 1.15 bits per heavy atom. The lowest BCUT2D eigenvalue weighted by atomic mass is 10.1. The van der Waals surface area contributed by atoms with Crippen LogP contribution in [0.3, 0.4) is 0 Å². The number of ether oxygens (including phenoxy) is 1. The van der Waals surface area contributed by atoms with E-state index in [-0.39, 0.29) is 12.2 Å². The first-order valence-electron chi connectivity index (χ1n) is 9.14. The van der Waals surface area contributed by atoms with Crippen molar-refractivity contribution in [2.45, 2.75) is 26.4 Å². The van der Waals surface area contributed by atoms with Crippen LogP contribution in [-0.4, -0.2) is 30.9 Å². The van der Waals surface area contributed by atoms with E-state index < -0.39 is 6.10 Å². The molecule has 3 rings (SSSR count). The van der Waals surface area contributed by atoms with Crippen molar-refractivity contribution in [3.63, 3.8) is 0 Å². The van der Waals surface area contributed by atoms with Crippen LogP contribution in [0.15, 0.2) is 57.7 Å². The first kappa shape index (κ1) is 19.1. The summed E-state index contributed by atoms with van der Waals surface area (Å²) in [7, 11) is 0. The minimum atomic E-state index is -0.625. The van der Waals surface area contributed by atoms with Crippen molar-refractivity contribution in [2.24, 2.45) is 0 Å². The second-order valence-corrected chi connectivity index (χ2v) is 6.72. The summed E-state index contributed by atoms with van der Waals surface area (Å²) in [5.41, 5.74) is 3.06. The van der Waals surface area contributed by atoms with Gasteiger partial charge in [0, 0.05) is 23.6 Å². The molecule has 0 fully saturated rings. The van der Waals surface area contributed by atoms with Gasteiger partial charge in [-0.3, -0.25) is 0 Å². The average molecular weight is 367 g/mol. The van der Waals surface area contributed by atoms with Crippen LogP contribution in [0.1, 0.15) is 16.7 Å². The molecule has 2 N–H and O–H groups in total. The molecule has 0 unspecified atom stereocenters. The number of nitrogens with one attached hydrogen (secondary N) is 1. The molecular formula is C22H25NO4. The monoisotopic (exact) mass is 367 g/mol. The van der Waals surface area contributed by atoms with Crippen LogP contribution in [-0.2, 0) is 6.42 Å². The lowest BCUT2D eigenvalue weighted by molar-refractivity contribution is 0.106. The Labute approximate surface area is 158 Å². The fourth-order valence-corrected chi connectivity index (χ4v) is 3.05. The molecule has 0 amide bonds. The van der Waals surface area contributed by atoms with Gasteiger partial charge in [0.25, 0.3) is 0 Å². The number of hydrogen-bond donors (Lipinski definition) is 2. The zero-order chi connectivity index (χ0) is 19.2. The van der Waals surface area contributed by atoms with Crippen LogP contribution < -0.4 is 15.7 Å². The summed E-state index contributed by atoms with van der Waals surface area (Å²) in [5.74, 6) is 0.611. The lowest BCUT2D eigenvalue weighted by Crippen LogP contribution is -2.32. The van der Waals surface area contributed by atoms with Crippen molar-refractivity contribution in [3.8, 4) is 5.75 Å². The summed E-state index contributed by atoms with van der Waals surface area (Å²) in [6, 6.07) is 15.4. The summed E-state index contributed by atoms with van der Waals surface area (Å²) in [6.07, 6.45) is 0.289. The molecule has 0 aliphatic carbocycles. The summed E-state index contributed by atoms with van der Waals surface area (Å²) in [5, 5.41) is 14.3. The van der Waals surface area contributed by atoms with E-state index in [2.05, 4.69) is 17.4 Å². The summed E-state index contributed by atoms with van der Waals surface area (Å²) >= 11 is 0. The van der Waals surface area contributed by atoms with Gasteiger partial charge < -0.3 is 19.6 Å². The van der Waals surface area contributed by atoms with Crippen LogP contribution in [0.5, 0.6) is 5.75 Å². The number of benzene rings is 2. The van der Waals surface area contributed by atoms with Crippen molar-refractivity contribution in [1.82, 2.24) is 5.32 Å². The van der Waals surface area contributed by atoms with Gasteiger partial charge in [0.2, 0.25) is 0 Å². The molecule has 5 heteroatoms. The van der Waals surface area contributed by atoms with E-state index >= 15 is 0 Å². The highest BCUT2D eigenvalue weighted by atomic mass is 16.5. The zero-order valence-corrected chi connectivity index (χ0v) is 15.7. The number of hydrogen-bond acceptors (Lipinski definition) is 5. The highest BCUT2D eigenvalue weighted by Gasteiger charge is 2.12. The van der Waals surface area contributed by atoms with E-state index in [0.29, 0.717) is 17.9 Å². The molecular weight excluding hydrogens is 342 g/mol. The quantitative estimate of drug-likeness (QED) is 0.473. The molecule has 1 aromatic heterocycles. The van der Waals surface area contributed by atoms with Gasteiger partial charge in [0.15, 0.2) is 0 Å². The Morgan fingerprint density at radius 2 is 1.93 bits per heavy atom. The van der Waals surface area contributed by atoms with Crippen LogP contribution >= 0.6 is 0 Å². The van der Waals surface area contributed by atoms with Gasteiger partial charge in [0.1, 0.15) is 24.0 Å². The molecule has 27 heavy (non-hydrogen) atoms. The molecule has 0 aliphatic rings. The predicted octanol–water partition coefficient (Wildman–Crippen LogP) is 2.98. The molecule has 142 valence electrons. The Hall–Kier alpha value is -2.63. The molecule has 1 heterocycles. The Kier molecular flexibility index (Phi) is 6.27. The van der Waals surface area contributed by atoms with Gasteiger partial charge in [-0.2, -0.15) is 0 Å². The molecule has 5 nitrogen and oxygen atoms in total. The van der Waals surface area contributed by atoms with E-state index in [4.69, 9.17) is 9.15 Å². The second kappa shape index (κ2) is 8.84. The molecule has 0 radical (unpaired) electrons. The average Bonchev–Trinajstić information content (AvgIpc) is 2.66. The standard InChI is InChI=1S/C22H25NO4/c1-15-12-21(25)27-22-16(2)20(9-8-19(15)22)26-14-18(24)13-23-11-10-17-6-4-3-5-7-17/h3-9,12,18,23-24H,10-11,13-14H2,1-2H3/t18-/m1/s1. The third-order valence-corrected chi connectivity index (χ3v) is 4.56. The number of fused-ring (bicyclic) bond motifs is 1. The van der Waals surface area contributed by atoms with Gasteiger partial charge in [-0.25, -0.2) is 4.79 Å². The van der Waals surface area contributed by atoms with Gasteiger partial charge in [0.05, 0.1) is 0 Å². The minimum absolute atomic E-state index is 0.167. The maximum atomic E-state index is 11.6. The summed E-state index contributed by atoms with van der Waals surface area (Å²) in [6.45, 7) is 5.14. The summed E-state index contributed by atoms with van der Waals surface area (Å²) in [4.78, 5) is 11.6. The molecule has 3 aromatic rings. The van der Waals surface area contributed by atoms with E-state index in [1.165, 1.54) is 11.6 Å². The van der Waals surface area contributed by atoms with Crippen LogP contribution in [0.2, 0.25) is 0 Å². The van der Waals surface area contributed by atoms with Gasteiger partial charge >= 0.3 is 5.63 Å². The van der Waals surface area contributed by atoms with Gasteiger partial charge in [-0.15, -0.1) is 0 Å². The minimum Gasteiger partial charge on any atom is -0.490 e. The van der Waals surface area contributed by atoms with E-state index in [0.717, 1.165) is 29.5 Å². The fourth-order valence-electron chi connectivity index (χ4n) is 3.05.